The number of carbonyl (C=O) groups excluding carboxylic acids is 2. The number of ether oxygens (including phenoxy) is 1. The van der Waals surface area contributed by atoms with Crippen molar-refractivity contribution in [3.63, 3.8) is 0 Å². The standard InChI is InChI=1S/C15H25NO5S/c17-14(16-9-12-4-2-1-3-5-12)10-21-15(18)8-13-6-7-22(19,20)11-13/h12-13H,1-11H2,(H,16,17). The van der Waals surface area contributed by atoms with Crippen LogP contribution in [0.3, 0.4) is 0 Å². The van der Waals surface area contributed by atoms with E-state index >= 15 is 0 Å². The van der Waals surface area contributed by atoms with E-state index in [0.717, 1.165) is 12.8 Å². The number of esters is 1. The molecule has 1 N–H and O–H groups in total. The molecule has 1 amide bonds. The Morgan fingerprint density at radius 3 is 2.41 bits per heavy atom. The Kier molecular flexibility index (Phi) is 6.23. The number of hydrogen-bond acceptors (Lipinski definition) is 5. The lowest BCUT2D eigenvalue weighted by atomic mass is 9.89. The summed E-state index contributed by atoms with van der Waals surface area (Å²) in [6, 6.07) is 0. The lowest BCUT2D eigenvalue weighted by Crippen LogP contribution is -2.33. The molecule has 126 valence electrons. The van der Waals surface area contributed by atoms with Gasteiger partial charge in [-0.25, -0.2) is 8.42 Å². The Hall–Kier alpha value is -1.11. The van der Waals surface area contributed by atoms with E-state index in [1.165, 1.54) is 19.3 Å². The summed E-state index contributed by atoms with van der Waals surface area (Å²) in [6.45, 7) is 0.377. The largest absolute Gasteiger partial charge is 0.456 e. The minimum atomic E-state index is -2.98. The van der Waals surface area contributed by atoms with E-state index in [4.69, 9.17) is 4.74 Å². The maximum Gasteiger partial charge on any atom is 0.306 e. The third kappa shape index (κ3) is 5.94. The Morgan fingerprint density at radius 2 is 1.77 bits per heavy atom. The molecule has 1 unspecified atom stereocenters. The van der Waals surface area contributed by atoms with Gasteiger partial charge < -0.3 is 10.1 Å². The lowest BCUT2D eigenvalue weighted by Gasteiger charge is -2.21. The van der Waals surface area contributed by atoms with Crippen molar-refractivity contribution in [3.05, 3.63) is 0 Å². The Morgan fingerprint density at radius 1 is 1.05 bits per heavy atom. The molecule has 1 saturated heterocycles. The van der Waals surface area contributed by atoms with Gasteiger partial charge in [0.25, 0.3) is 5.91 Å². The van der Waals surface area contributed by atoms with Crippen molar-refractivity contribution in [1.29, 1.82) is 0 Å². The third-order valence-corrected chi connectivity index (χ3v) is 6.30. The maximum atomic E-state index is 11.6. The molecule has 0 aromatic carbocycles. The lowest BCUT2D eigenvalue weighted by molar-refractivity contribution is -0.149. The second-order valence-corrected chi connectivity index (χ2v) is 8.67. The van der Waals surface area contributed by atoms with Crippen LogP contribution in [-0.4, -0.2) is 45.0 Å². The maximum absolute atomic E-state index is 11.6. The molecule has 2 rings (SSSR count). The highest BCUT2D eigenvalue weighted by Gasteiger charge is 2.30. The molecule has 0 bridgehead atoms. The van der Waals surface area contributed by atoms with Crippen molar-refractivity contribution >= 4 is 21.7 Å². The van der Waals surface area contributed by atoms with Crippen LogP contribution in [0.25, 0.3) is 0 Å². The summed E-state index contributed by atoms with van der Waals surface area (Å²) < 4.78 is 27.5. The fraction of sp³-hybridized carbons (Fsp3) is 0.867. The summed E-state index contributed by atoms with van der Waals surface area (Å²) in [4.78, 5) is 23.3. The topological polar surface area (TPSA) is 89.5 Å². The van der Waals surface area contributed by atoms with Gasteiger partial charge in [0, 0.05) is 13.0 Å². The molecule has 1 aliphatic heterocycles. The van der Waals surface area contributed by atoms with E-state index in [9.17, 15) is 18.0 Å². The number of nitrogens with one attached hydrogen (secondary N) is 1. The first-order valence-electron chi connectivity index (χ1n) is 8.07. The second-order valence-electron chi connectivity index (χ2n) is 6.44. The Balaban J connectivity index is 1.58. The fourth-order valence-electron chi connectivity index (χ4n) is 3.17. The Bertz CT molecular complexity index is 496. The molecule has 1 atom stereocenters. The van der Waals surface area contributed by atoms with Crippen molar-refractivity contribution in [2.45, 2.75) is 44.9 Å². The van der Waals surface area contributed by atoms with Gasteiger partial charge in [0.2, 0.25) is 0 Å². The normalized spacial score (nSPS) is 24.8. The zero-order chi connectivity index (χ0) is 16.0. The van der Waals surface area contributed by atoms with Crippen LogP contribution in [0.5, 0.6) is 0 Å². The molecular weight excluding hydrogens is 306 g/mol. The highest BCUT2D eigenvalue weighted by Crippen LogP contribution is 2.23. The molecule has 2 fully saturated rings. The van der Waals surface area contributed by atoms with E-state index in [0.29, 0.717) is 18.9 Å². The SMILES string of the molecule is O=C(COC(=O)CC1CCS(=O)(=O)C1)NCC1CCCCC1. The van der Waals surface area contributed by atoms with Crippen LogP contribution in [-0.2, 0) is 24.2 Å². The zero-order valence-corrected chi connectivity index (χ0v) is 13.7. The van der Waals surface area contributed by atoms with Crippen molar-refractivity contribution in [3.8, 4) is 0 Å². The van der Waals surface area contributed by atoms with Crippen molar-refractivity contribution in [2.75, 3.05) is 24.7 Å². The molecular formula is C15H25NO5S. The zero-order valence-electron chi connectivity index (χ0n) is 12.9. The summed E-state index contributed by atoms with van der Waals surface area (Å²) in [5.74, 6) is -0.198. The number of sulfone groups is 1. The van der Waals surface area contributed by atoms with Gasteiger partial charge in [-0.1, -0.05) is 19.3 Å². The van der Waals surface area contributed by atoms with Gasteiger partial charge in [-0.3, -0.25) is 9.59 Å². The highest BCUT2D eigenvalue weighted by atomic mass is 32.2. The molecule has 1 aliphatic carbocycles. The fourth-order valence-corrected chi connectivity index (χ4v) is 5.04. The van der Waals surface area contributed by atoms with Gasteiger partial charge in [0.15, 0.2) is 16.4 Å². The number of amides is 1. The molecule has 6 nitrogen and oxygen atoms in total. The summed E-state index contributed by atoms with van der Waals surface area (Å²) in [7, 11) is -2.98. The molecule has 0 spiro atoms. The summed E-state index contributed by atoms with van der Waals surface area (Å²) in [6.07, 6.45) is 6.60. The number of rotatable bonds is 6. The van der Waals surface area contributed by atoms with Crippen molar-refractivity contribution in [1.82, 2.24) is 5.32 Å². The van der Waals surface area contributed by atoms with Crippen LogP contribution < -0.4 is 5.32 Å². The van der Waals surface area contributed by atoms with Crippen LogP contribution in [0.15, 0.2) is 0 Å². The predicted octanol–water partition coefficient (Wildman–Crippen LogP) is 1.05. The average molecular weight is 331 g/mol. The van der Waals surface area contributed by atoms with Gasteiger partial charge in [0.1, 0.15) is 0 Å². The van der Waals surface area contributed by atoms with Gasteiger partial charge in [-0.05, 0) is 31.1 Å². The van der Waals surface area contributed by atoms with E-state index in [1.54, 1.807) is 0 Å². The van der Waals surface area contributed by atoms with Gasteiger partial charge in [-0.15, -0.1) is 0 Å². The first-order valence-corrected chi connectivity index (χ1v) is 9.89. The van der Waals surface area contributed by atoms with Gasteiger partial charge in [-0.2, -0.15) is 0 Å². The van der Waals surface area contributed by atoms with Crippen LogP contribution in [0.2, 0.25) is 0 Å². The summed E-state index contributed by atoms with van der Waals surface area (Å²) >= 11 is 0. The average Bonchev–Trinajstić information content (AvgIpc) is 2.83. The minimum Gasteiger partial charge on any atom is -0.456 e. The van der Waals surface area contributed by atoms with Crippen LogP contribution in [0.1, 0.15) is 44.9 Å². The minimum absolute atomic E-state index is 0.0516. The smallest absolute Gasteiger partial charge is 0.306 e. The molecule has 22 heavy (non-hydrogen) atoms. The molecule has 7 heteroatoms. The van der Waals surface area contributed by atoms with Gasteiger partial charge in [0.05, 0.1) is 11.5 Å². The molecule has 2 aliphatic rings. The monoisotopic (exact) mass is 331 g/mol. The first-order chi connectivity index (χ1) is 10.4. The summed E-state index contributed by atoms with van der Waals surface area (Å²) in [5.41, 5.74) is 0. The van der Waals surface area contributed by atoms with Crippen LogP contribution in [0.4, 0.5) is 0 Å². The number of hydrogen-bond donors (Lipinski definition) is 1. The molecule has 0 radical (unpaired) electrons. The summed E-state index contributed by atoms with van der Waals surface area (Å²) in [5, 5.41) is 2.80. The van der Waals surface area contributed by atoms with Crippen LogP contribution in [0, 0.1) is 11.8 Å². The Labute approximate surface area is 131 Å². The second kappa shape index (κ2) is 7.94. The molecule has 0 aromatic heterocycles. The van der Waals surface area contributed by atoms with E-state index < -0.39 is 15.8 Å². The van der Waals surface area contributed by atoms with Crippen molar-refractivity contribution < 1.29 is 22.7 Å². The van der Waals surface area contributed by atoms with E-state index in [2.05, 4.69) is 5.32 Å². The predicted molar refractivity (Wildman–Crippen MR) is 81.9 cm³/mol. The molecule has 0 aromatic rings. The molecule has 1 heterocycles. The van der Waals surface area contributed by atoms with Crippen molar-refractivity contribution in [2.24, 2.45) is 11.8 Å². The van der Waals surface area contributed by atoms with E-state index in [-0.39, 0.29) is 36.4 Å². The van der Waals surface area contributed by atoms with Gasteiger partial charge >= 0.3 is 5.97 Å². The highest BCUT2D eigenvalue weighted by molar-refractivity contribution is 7.91. The third-order valence-electron chi connectivity index (χ3n) is 4.46. The number of carbonyl (C=O) groups is 2. The quantitative estimate of drug-likeness (QED) is 0.735. The first kappa shape index (κ1) is 17.2. The molecule has 1 saturated carbocycles. The van der Waals surface area contributed by atoms with Crippen LogP contribution >= 0.6 is 0 Å². The van der Waals surface area contributed by atoms with E-state index in [1.807, 2.05) is 0 Å².